The van der Waals surface area contributed by atoms with Gasteiger partial charge in [0.05, 0.1) is 5.92 Å². The summed E-state index contributed by atoms with van der Waals surface area (Å²) in [6, 6.07) is 7.07. The highest BCUT2D eigenvalue weighted by molar-refractivity contribution is 5.81. The summed E-state index contributed by atoms with van der Waals surface area (Å²) in [5, 5.41) is 9.99. The molecule has 0 aromatic heterocycles. The SMILES string of the molecule is CCCN(Cc1ccccc1O)C(=O)C1CCN(C(=O)OC(C)(C)C)C1. The molecule has 1 atom stereocenters. The fraction of sp³-hybridized carbons (Fsp3) is 0.600. The molecule has 1 N–H and O–H groups in total. The number of hydrogen-bond acceptors (Lipinski definition) is 4. The molecular weight excluding hydrogens is 332 g/mol. The van der Waals surface area contributed by atoms with Crippen molar-refractivity contribution in [1.82, 2.24) is 9.80 Å². The predicted octanol–water partition coefficient (Wildman–Crippen LogP) is 3.39. The standard InChI is InChI=1S/C20H30N2O4/c1-5-11-21(13-15-8-6-7-9-17(15)23)18(24)16-10-12-22(14-16)19(25)26-20(2,3)4/h6-9,16,23H,5,10-14H2,1-4H3. The third-order valence-electron chi connectivity index (χ3n) is 4.35. The van der Waals surface area contributed by atoms with E-state index in [2.05, 4.69) is 0 Å². The van der Waals surface area contributed by atoms with Crippen molar-refractivity contribution >= 4 is 12.0 Å². The zero-order valence-electron chi connectivity index (χ0n) is 16.2. The van der Waals surface area contributed by atoms with Crippen molar-refractivity contribution in [2.75, 3.05) is 19.6 Å². The van der Waals surface area contributed by atoms with Gasteiger partial charge >= 0.3 is 6.09 Å². The first-order valence-electron chi connectivity index (χ1n) is 9.25. The molecule has 144 valence electrons. The molecule has 1 aliphatic rings. The maximum atomic E-state index is 13.0. The van der Waals surface area contributed by atoms with E-state index in [-0.39, 0.29) is 23.7 Å². The largest absolute Gasteiger partial charge is 0.508 e. The van der Waals surface area contributed by atoms with Crippen molar-refractivity contribution in [3.05, 3.63) is 29.8 Å². The Bertz CT molecular complexity index is 639. The number of para-hydroxylation sites is 1. The Morgan fingerprint density at radius 2 is 2.00 bits per heavy atom. The molecule has 0 radical (unpaired) electrons. The second-order valence-electron chi connectivity index (χ2n) is 7.80. The minimum absolute atomic E-state index is 0.0289. The lowest BCUT2D eigenvalue weighted by atomic mass is 10.1. The Hall–Kier alpha value is -2.24. The summed E-state index contributed by atoms with van der Waals surface area (Å²) in [6.45, 7) is 9.43. The van der Waals surface area contributed by atoms with E-state index in [4.69, 9.17) is 4.74 Å². The van der Waals surface area contributed by atoms with Gasteiger partial charge in [0.25, 0.3) is 0 Å². The molecule has 6 heteroatoms. The number of phenolic OH excluding ortho intramolecular Hbond substituents is 1. The van der Waals surface area contributed by atoms with Gasteiger partial charge in [-0.05, 0) is 39.7 Å². The average molecular weight is 362 g/mol. The molecule has 1 heterocycles. The van der Waals surface area contributed by atoms with E-state index in [0.29, 0.717) is 32.6 Å². The average Bonchev–Trinajstić information content (AvgIpc) is 3.04. The van der Waals surface area contributed by atoms with Gasteiger partial charge in [-0.3, -0.25) is 4.79 Å². The van der Waals surface area contributed by atoms with Crippen LogP contribution in [0.15, 0.2) is 24.3 Å². The Morgan fingerprint density at radius 1 is 1.31 bits per heavy atom. The number of phenols is 1. The van der Waals surface area contributed by atoms with Crippen molar-refractivity contribution in [3.63, 3.8) is 0 Å². The molecular formula is C20H30N2O4. The summed E-state index contributed by atoms with van der Waals surface area (Å²) < 4.78 is 5.40. The molecule has 1 aromatic carbocycles. The first kappa shape index (κ1) is 20.1. The van der Waals surface area contributed by atoms with E-state index in [1.807, 2.05) is 39.8 Å². The highest BCUT2D eigenvalue weighted by Crippen LogP contribution is 2.24. The molecule has 1 aromatic rings. The molecule has 0 aliphatic carbocycles. The molecule has 1 unspecified atom stereocenters. The maximum Gasteiger partial charge on any atom is 0.410 e. The van der Waals surface area contributed by atoms with Gasteiger partial charge < -0.3 is 19.6 Å². The highest BCUT2D eigenvalue weighted by atomic mass is 16.6. The Balaban J connectivity index is 2.01. The quantitative estimate of drug-likeness (QED) is 0.872. The van der Waals surface area contributed by atoms with Gasteiger partial charge in [0.2, 0.25) is 5.91 Å². The van der Waals surface area contributed by atoms with E-state index >= 15 is 0 Å². The zero-order valence-corrected chi connectivity index (χ0v) is 16.2. The maximum absolute atomic E-state index is 13.0. The number of aromatic hydroxyl groups is 1. The molecule has 0 saturated carbocycles. The molecule has 1 saturated heterocycles. The highest BCUT2D eigenvalue weighted by Gasteiger charge is 2.35. The number of benzene rings is 1. The van der Waals surface area contributed by atoms with Crippen molar-refractivity contribution < 1.29 is 19.4 Å². The van der Waals surface area contributed by atoms with Crippen LogP contribution in [0.3, 0.4) is 0 Å². The van der Waals surface area contributed by atoms with Gasteiger partial charge in [0.1, 0.15) is 11.4 Å². The van der Waals surface area contributed by atoms with Crippen LogP contribution in [-0.4, -0.2) is 52.1 Å². The van der Waals surface area contributed by atoms with Crippen LogP contribution in [0.2, 0.25) is 0 Å². The van der Waals surface area contributed by atoms with E-state index < -0.39 is 5.60 Å². The third kappa shape index (κ3) is 5.38. The molecule has 1 fully saturated rings. The normalized spacial score (nSPS) is 17.2. The molecule has 0 bridgehead atoms. The smallest absolute Gasteiger partial charge is 0.410 e. The molecule has 2 rings (SSSR count). The topological polar surface area (TPSA) is 70.1 Å². The number of carbonyl (C=O) groups is 2. The molecule has 1 aliphatic heterocycles. The number of carbonyl (C=O) groups excluding carboxylic acids is 2. The summed E-state index contributed by atoms with van der Waals surface area (Å²) in [5.41, 5.74) is 0.189. The van der Waals surface area contributed by atoms with Crippen molar-refractivity contribution in [2.45, 2.75) is 52.7 Å². The Morgan fingerprint density at radius 3 is 2.62 bits per heavy atom. The van der Waals surface area contributed by atoms with E-state index in [0.717, 1.165) is 12.0 Å². The lowest BCUT2D eigenvalue weighted by Gasteiger charge is -2.27. The molecule has 2 amide bonds. The van der Waals surface area contributed by atoms with Crippen LogP contribution in [0.25, 0.3) is 0 Å². The number of amides is 2. The minimum Gasteiger partial charge on any atom is -0.508 e. The lowest BCUT2D eigenvalue weighted by Crippen LogP contribution is -2.39. The molecule has 0 spiro atoms. The summed E-state index contributed by atoms with van der Waals surface area (Å²) in [6.07, 6.45) is 1.11. The van der Waals surface area contributed by atoms with Crippen molar-refractivity contribution in [1.29, 1.82) is 0 Å². The summed E-state index contributed by atoms with van der Waals surface area (Å²) in [7, 11) is 0. The minimum atomic E-state index is -0.543. The van der Waals surface area contributed by atoms with Crippen molar-refractivity contribution in [3.8, 4) is 5.75 Å². The Kier molecular flexibility index (Phi) is 6.51. The number of rotatable bonds is 5. The second kappa shape index (κ2) is 8.43. The first-order valence-corrected chi connectivity index (χ1v) is 9.25. The van der Waals surface area contributed by atoms with Crippen LogP contribution >= 0.6 is 0 Å². The van der Waals surface area contributed by atoms with Gasteiger partial charge in [-0.15, -0.1) is 0 Å². The van der Waals surface area contributed by atoms with Crippen LogP contribution in [-0.2, 0) is 16.1 Å². The van der Waals surface area contributed by atoms with Crippen LogP contribution in [0.1, 0.15) is 46.1 Å². The van der Waals surface area contributed by atoms with Gasteiger partial charge in [0.15, 0.2) is 0 Å². The molecule has 6 nitrogen and oxygen atoms in total. The predicted molar refractivity (Wildman–Crippen MR) is 99.7 cm³/mol. The fourth-order valence-electron chi connectivity index (χ4n) is 3.10. The lowest BCUT2D eigenvalue weighted by molar-refractivity contribution is -0.135. The monoisotopic (exact) mass is 362 g/mol. The third-order valence-corrected chi connectivity index (χ3v) is 4.35. The zero-order chi connectivity index (χ0) is 19.3. The van der Waals surface area contributed by atoms with Gasteiger partial charge in [-0.1, -0.05) is 25.1 Å². The Labute approximate surface area is 155 Å². The second-order valence-corrected chi connectivity index (χ2v) is 7.80. The van der Waals surface area contributed by atoms with E-state index in [1.165, 1.54) is 0 Å². The van der Waals surface area contributed by atoms with Gasteiger partial charge in [0, 0.05) is 31.7 Å². The van der Waals surface area contributed by atoms with Crippen LogP contribution in [0, 0.1) is 5.92 Å². The van der Waals surface area contributed by atoms with Crippen LogP contribution in [0.5, 0.6) is 5.75 Å². The first-order chi connectivity index (χ1) is 12.2. The van der Waals surface area contributed by atoms with E-state index in [1.54, 1.807) is 21.9 Å². The number of hydrogen-bond donors (Lipinski definition) is 1. The summed E-state index contributed by atoms with van der Waals surface area (Å²) in [5.74, 6) is 0.00397. The van der Waals surface area contributed by atoms with Gasteiger partial charge in [-0.2, -0.15) is 0 Å². The van der Waals surface area contributed by atoms with E-state index in [9.17, 15) is 14.7 Å². The number of likely N-dealkylation sites (tertiary alicyclic amines) is 1. The summed E-state index contributed by atoms with van der Waals surface area (Å²) in [4.78, 5) is 28.6. The van der Waals surface area contributed by atoms with Crippen LogP contribution in [0.4, 0.5) is 4.79 Å². The molecule has 26 heavy (non-hydrogen) atoms. The summed E-state index contributed by atoms with van der Waals surface area (Å²) >= 11 is 0. The van der Waals surface area contributed by atoms with Gasteiger partial charge in [-0.25, -0.2) is 4.79 Å². The van der Waals surface area contributed by atoms with Crippen LogP contribution < -0.4 is 0 Å². The van der Waals surface area contributed by atoms with Crippen molar-refractivity contribution in [2.24, 2.45) is 5.92 Å². The number of nitrogens with zero attached hydrogens (tertiary/aromatic N) is 2. The fourth-order valence-corrected chi connectivity index (χ4v) is 3.10. The number of ether oxygens (including phenoxy) is 1.